The van der Waals surface area contributed by atoms with Crippen molar-refractivity contribution in [1.29, 1.82) is 5.26 Å². The number of hydrogen-bond acceptors (Lipinski definition) is 5. The maximum Gasteiger partial charge on any atom is 0.272 e. The summed E-state index contributed by atoms with van der Waals surface area (Å²) in [5, 5.41) is 13.5. The fourth-order valence-electron chi connectivity index (χ4n) is 3.17. The van der Waals surface area contributed by atoms with Gasteiger partial charge in [-0.3, -0.25) is 4.79 Å². The molecule has 4 aromatic rings. The zero-order chi connectivity index (χ0) is 22.3. The maximum atomic E-state index is 13.0. The van der Waals surface area contributed by atoms with Crippen molar-refractivity contribution < 1.29 is 9.53 Å². The van der Waals surface area contributed by atoms with Crippen LogP contribution in [0, 0.1) is 11.3 Å². The molecule has 0 saturated heterocycles. The van der Waals surface area contributed by atoms with E-state index in [0.717, 1.165) is 27.7 Å². The van der Waals surface area contributed by atoms with Crippen LogP contribution in [-0.2, 0) is 0 Å². The van der Waals surface area contributed by atoms with Gasteiger partial charge in [0, 0.05) is 10.9 Å². The van der Waals surface area contributed by atoms with Crippen LogP contribution in [0.3, 0.4) is 0 Å². The number of nitrogens with zero attached hydrogens (tertiary/aromatic N) is 3. The number of nitrogens with one attached hydrogen (secondary N) is 1. The average Bonchev–Trinajstić information content (AvgIpc) is 2.83. The van der Waals surface area contributed by atoms with Gasteiger partial charge in [-0.05, 0) is 51.8 Å². The topological polar surface area (TPSA) is 87.4 Å². The molecule has 0 atom stereocenters. The molecule has 0 radical (unpaired) electrons. The van der Waals surface area contributed by atoms with Crippen LogP contribution in [0.4, 0.5) is 0 Å². The largest absolute Gasteiger partial charge is 0.478 e. The van der Waals surface area contributed by atoms with E-state index < -0.39 is 0 Å². The number of halogens is 1. The van der Waals surface area contributed by atoms with Gasteiger partial charge in [0.15, 0.2) is 6.61 Å². The summed E-state index contributed by atoms with van der Waals surface area (Å²) in [5.74, 6) is 0.231. The Hall–Kier alpha value is -4.02. The van der Waals surface area contributed by atoms with Gasteiger partial charge in [0.25, 0.3) is 5.91 Å². The molecule has 0 aliphatic heterocycles. The third-order valence-corrected chi connectivity index (χ3v) is 5.28. The van der Waals surface area contributed by atoms with Gasteiger partial charge in [-0.2, -0.15) is 10.4 Å². The Bertz CT molecular complexity index is 1350. The monoisotopic (exact) mass is 484 g/mol. The third-order valence-electron chi connectivity index (χ3n) is 4.66. The minimum Gasteiger partial charge on any atom is -0.478 e. The number of benzene rings is 3. The minimum atomic E-state index is -0.329. The number of carbonyl (C=O) groups excluding carboxylic acids is 1. The molecule has 7 heteroatoms. The Kier molecular flexibility index (Phi) is 6.54. The molecule has 0 bridgehead atoms. The van der Waals surface area contributed by atoms with Crippen molar-refractivity contribution in [2.24, 2.45) is 5.10 Å². The number of ether oxygens (including phenoxy) is 1. The van der Waals surface area contributed by atoms with Crippen LogP contribution in [-0.4, -0.2) is 23.7 Å². The second-order valence-corrected chi connectivity index (χ2v) is 7.63. The van der Waals surface area contributed by atoms with Gasteiger partial charge in [-0.25, -0.2) is 10.4 Å². The molecule has 156 valence electrons. The number of carbonyl (C=O) groups is 1. The van der Waals surface area contributed by atoms with E-state index in [0.29, 0.717) is 15.8 Å². The highest BCUT2D eigenvalue weighted by Gasteiger charge is 2.13. The number of para-hydroxylation sites is 1. The van der Waals surface area contributed by atoms with Crippen LogP contribution in [0.15, 0.2) is 88.4 Å². The summed E-state index contributed by atoms with van der Waals surface area (Å²) in [7, 11) is 0. The number of rotatable bonds is 6. The summed E-state index contributed by atoms with van der Waals surface area (Å²) >= 11 is 3.40. The van der Waals surface area contributed by atoms with Crippen LogP contribution in [0.5, 0.6) is 5.75 Å². The molecule has 0 spiro atoms. The van der Waals surface area contributed by atoms with Crippen LogP contribution in [0.2, 0.25) is 0 Å². The van der Waals surface area contributed by atoms with E-state index in [1.165, 1.54) is 6.21 Å². The molecule has 32 heavy (non-hydrogen) atoms. The van der Waals surface area contributed by atoms with Gasteiger partial charge in [0.2, 0.25) is 0 Å². The lowest BCUT2D eigenvalue weighted by Crippen LogP contribution is -2.18. The van der Waals surface area contributed by atoms with Gasteiger partial charge < -0.3 is 4.74 Å². The van der Waals surface area contributed by atoms with Crippen LogP contribution >= 0.6 is 15.9 Å². The highest BCUT2D eigenvalue weighted by molar-refractivity contribution is 9.10. The molecule has 0 fully saturated rings. The highest BCUT2D eigenvalue weighted by atomic mass is 79.9. The number of hydrazone groups is 1. The maximum absolute atomic E-state index is 13.0. The Morgan fingerprint density at radius 1 is 1.09 bits per heavy atom. The number of pyridine rings is 1. The summed E-state index contributed by atoms with van der Waals surface area (Å²) in [6.45, 7) is -0.0348. The molecular weight excluding hydrogens is 468 g/mol. The molecule has 0 aliphatic rings. The Morgan fingerprint density at radius 3 is 2.66 bits per heavy atom. The van der Waals surface area contributed by atoms with E-state index in [2.05, 4.69) is 26.5 Å². The van der Waals surface area contributed by atoms with Crippen molar-refractivity contribution in [3.05, 3.63) is 94.5 Å². The fourth-order valence-corrected chi connectivity index (χ4v) is 3.68. The summed E-state index contributed by atoms with van der Waals surface area (Å²) in [6.07, 6.45) is 1.54. The van der Waals surface area contributed by atoms with E-state index in [1.807, 2.05) is 60.7 Å². The number of nitriles is 1. The molecule has 1 aromatic heterocycles. The Morgan fingerprint density at radius 2 is 1.88 bits per heavy atom. The molecule has 0 unspecified atom stereocenters. The van der Waals surface area contributed by atoms with E-state index in [1.54, 1.807) is 24.3 Å². The zero-order valence-corrected chi connectivity index (χ0v) is 18.4. The second kappa shape index (κ2) is 9.86. The average molecular weight is 485 g/mol. The molecule has 6 nitrogen and oxygen atoms in total. The number of aromatic nitrogens is 1. The molecule has 1 amide bonds. The molecule has 0 saturated carbocycles. The first-order valence-electron chi connectivity index (χ1n) is 9.73. The molecule has 4 rings (SSSR count). The smallest absolute Gasteiger partial charge is 0.272 e. The van der Waals surface area contributed by atoms with Crippen LogP contribution < -0.4 is 10.2 Å². The molecule has 3 aromatic carbocycles. The van der Waals surface area contributed by atoms with E-state index in [-0.39, 0.29) is 12.5 Å². The minimum absolute atomic E-state index is 0.0348. The molecule has 0 aliphatic carbocycles. The Balaban J connectivity index is 1.58. The SMILES string of the molecule is N#CCOc1ccc(/C=N/NC(=O)c2cc(-c3ccccc3)nc3ccccc23)cc1Br. The zero-order valence-electron chi connectivity index (χ0n) is 16.8. The van der Waals surface area contributed by atoms with Crippen molar-refractivity contribution in [3.8, 4) is 23.1 Å². The van der Waals surface area contributed by atoms with Gasteiger partial charge in [-0.1, -0.05) is 48.5 Å². The van der Waals surface area contributed by atoms with E-state index in [9.17, 15) is 4.79 Å². The second-order valence-electron chi connectivity index (χ2n) is 6.77. The predicted octanol–water partition coefficient (Wildman–Crippen LogP) is 5.33. The quantitative estimate of drug-likeness (QED) is 0.296. The fraction of sp³-hybridized carbons (Fsp3) is 0.0400. The third kappa shape index (κ3) is 4.82. The highest BCUT2D eigenvalue weighted by Crippen LogP contribution is 2.26. The van der Waals surface area contributed by atoms with E-state index in [4.69, 9.17) is 15.0 Å². The standard InChI is InChI=1S/C25H17BrN4O2/c26-21-14-17(10-11-24(21)32-13-12-27)16-28-30-25(31)20-15-23(18-6-2-1-3-7-18)29-22-9-5-4-8-19(20)22/h1-11,14-16H,13H2,(H,30,31)/b28-16+. The Labute approximate surface area is 193 Å². The number of hydrogen-bond donors (Lipinski definition) is 1. The van der Waals surface area contributed by atoms with E-state index >= 15 is 0 Å². The molecule has 1 N–H and O–H groups in total. The number of fused-ring (bicyclic) bond motifs is 1. The molecule has 1 heterocycles. The first-order chi connectivity index (χ1) is 15.7. The van der Waals surface area contributed by atoms with Crippen molar-refractivity contribution in [2.45, 2.75) is 0 Å². The van der Waals surface area contributed by atoms with Crippen LogP contribution in [0.1, 0.15) is 15.9 Å². The van der Waals surface area contributed by atoms with Crippen molar-refractivity contribution in [2.75, 3.05) is 6.61 Å². The lowest BCUT2D eigenvalue weighted by molar-refractivity contribution is 0.0956. The normalized spacial score (nSPS) is 10.8. The number of amides is 1. The first kappa shape index (κ1) is 21.2. The van der Waals surface area contributed by atoms with Gasteiger partial charge in [0.1, 0.15) is 11.8 Å². The lowest BCUT2D eigenvalue weighted by atomic mass is 10.0. The predicted molar refractivity (Wildman–Crippen MR) is 127 cm³/mol. The van der Waals surface area contributed by atoms with Crippen molar-refractivity contribution >= 4 is 39.0 Å². The lowest BCUT2D eigenvalue weighted by Gasteiger charge is -2.09. The van der Waals surface area contributed by atoms with Crippen molar-refractivity contribution in [1.82, 2.24) is 10.4 Å². The summed E-state index contributed by atoms with van der Waals surface area (Å²) < 4.78 is 5.99. The summed E-state index contributed by atoms with van der Waals surface area (Å²) in [6, 6.07) is 26.2. The summed E-state index contributed by atoms with van der Waals surface area (Å²) in [4.78, 5) is 17.7. The van der Waals surface area contributed by atoms with Gasteiger partial charge in [-0.15, -0.1) is 0 Å². The first-order valence-corrected chi connectivity index (χ1v) is 10.5. The summed E-state index contributed by atoms with van der Waals surface area (Å²) in [5.41, 5.74) is 6.23. The van der Waals surface area contributed by atoms with Crippen LogP contribution in [0.25, 0.3) is 22.2 Å². The molecular formula is C25H17BrN4O2. The van der Waals surface area contributed by atoms with Gasteiger partial charge in [0.05, 0.1) is 27.5 Å². The van der Waals surface area contributed by atoms with Crippen molar-refractivity contribution in [3.63, 3.8) is 0 Å². The van der Waals surface area contributed by atoms with Gasteiger partial charge >= 0.3 is 0 Å².